The number of benzene rings is 1. The third kappa shape index (κ3) is 2.53. The summed E-state index contributed by atoms with van der Waals surface area (Å²) in [5.74, 6) is 0.133. The summed E-state index contributed by atoms with van der Waals surface area (Å²) in [6.07, 6.45) is 1.29. The number of ether oxygens (including phenoxy) is 1. The summed E-state index contributed by atoms with van der Waals surface area (Å²) in [7, 11) is -2.08. The third-order valence-corrected chi connectivity index (χ3v) is 4.46. The molecule has 2 rings (SSSR count). The Hall–Kier alpha value is -1.83. The molecule has 98 valence electrons. The summed E-state index contributed by atoms with van der Waals surface area (Å²) < 4.78 is 30.8. The molecule has 1 aromatic rings. The van der Waals surface area contributed by atoms with Crippen molar-refractivity contribution >= 4 is 21.4 Å². The molecule has 18 heavy (non-hydrogen) atoms. The first-order valence-corrected chi connectivity index (χ1v) is 6.83. The first-order valence-electron chi connectivity index (χ1n) is 5.28. The topological polar surface area (TPSA) is 98.5 Å². The zero-order chi connectivity index (χ0) is 13.3. The molecule has 1 saturated carbocycles. The fourth-order valence-corrected chi connectivity index (χ4v) is 2.89. The average Bonchev–Trinajstić information content (AvgIpc) is 3.12. The maximum Gasteiger partial charge on any atom is 0.273 e. The second-order valence-corrected chi connectivity index (χ2v) is 5.95. The van der Waals surface area contributed by atoms with E-state index in [1.165, 1.54) is 25.3 Å². The molecule has 0 bridgehead atoms. The Morgan fingerprint density at radius 3 is 2.61 bits per heavy atom. The molecule has 7 nitrogen and oxygen atoms in total. The van der Waals surface area contributed by atoms with Crippen LogP contribution in [-0.2, 0) is 10.0 Å². The van der Waals surface area contributed by atoms with Crippen LogP contribution in [-0.4, -0.2) is 25.7 Å². The standard InChI is InChI=1S/C10H12N2O5S/c1-17-10-6-7(12(13)14)2-5-9(10)11-18(15,16)8-3-4-8/h2,5-6,8,11H,3-4H2,1H3. The van der Waals surface area contributed by atoms with Gasteiger partial charge < -0.3 is 4.74 Å². The van der Waals surface area contributed by atoms with E-state index in [0.29, 0.717) is 12.8 Å². The Morgan fingerprint density at radius 2 is 2.11 bits per heavy atom. The van der Waals surface area contributed by atoms with Crippen LogP contribution in [0, 0.1) is 10.1 Å². The van der Waals surface area contributed by atoms with Crippen molar-refractivity contribution < 1.29 is 18.1 Å². The van der Waals surface area contributed by atoms with E-state index in [1.54, 1.807) is 0 Å². The summed E-state index contributed by atoms with van der Waals surface area (Å²) in [5.41, 5.74) is 0.0659. The lowest BCUT2D eigenvalue weighted by atomic mass is 10.2. The fourth-order valence-electron chi connectivity index (χ4n) is 1.49. The van der Waals surface area contributed by atoms with E-state index >= 15 is 0 Å². The highest BCUT2D eigenvalue weighted by Crippen LogP contribution is 2.34. The number of anilines is 1. The number of methoxy groups -OCH3 is 1. The van der Waals surface area contributed by atoms with Gasteiger partial charge in [-0.2, -0.15) is 0 Å². The fraction of sp³-hybridized carbons (Fsp3) is 0.400. The van der Waals surface area contributed by atoms with Gasteiger partial charge in [0.2, 0.25) is 10.0 Å². The van der Waals surface area contributed by atoms with Crippen LogP contribution in [0.5, 0.6) is 5.75 Å². The van der Waals surface area contributed by atoms with Crippen LogP contribution in [0.15, 0.2) is 18.2 Å². The Balaban J connectivity index is 2.30. The van der Waals surface area contributed by atoms with E-state index in [4.69, 9.17) is 4.74 Å². The monoisotopic (exact) mass is 272 g/mol. The number of hydrogen-bond donors (Lipinski definition) is 1. The quantitative estimate of drug-likeness (QED) is 0.647. The van der Waals surface area contributed by atoms with Crippen molar-refractivity contribution in [2.24, 2.45) is 0 Å². The second-order valence-electron chi connectivity index (χ2n) is 3.99. The third-order valence-electron chi connectivity index (χ3n) is 2.61. The number of nitrogens with zero attached hydrogens (tertiary/aromatic N) is 1. The van der Waals surface area contributed by atoms with Gasteiger partial charge in [0.15, 0.2) is 0 Å². The molecular formula is C10H12N2O5S. The highest BCUT2D eigenvalue weighted by Gasteiger charge is 2.36. The van der Waals surface area contributed by atoms with Gasteiger partial charge in [0, 0.05) is 6.07 Å². The van der Waals surface area contributed by atoms with E-state index in [2.05, 4.69) is 4.72 Å². The summed E-state index contributed by atoms with van der Waals surface area (Å²) in [5, 5.41) is 10.2. The predicted octanol–water partition coefficient (Wildman–Crippen LogP) is 1.51. The number of rotatable bonds is 5. The number of hydrogen-bond acceptors (Lipinski definition) is 5. The highest BCUT2D eigenvalue weighted by atomic mass is 32.2. The van der Waals surface area contributed by atoms with E-state index in [0.717, 1.165) is 0 Å². The molecule has 1 aromatic carbocycles. The molecule has 0 spiro atoms. The maximum absolute atomic E-state index is 11.7. The van der Waals surface area contributed by atoms with Crippen LogP contribution in [0.1, 0.15) is 12.8 Å². The second kappa shape index (κ2) is 4.45. The Bertz CT molecular complexity index is 580. The van der Waals surface area contributed by atoms with Crippen molar-refractivity contribution in [1.82, 2.24) is 0 Å². The van der Waals surface area contributed by atoms with Crippen molar-refractivity contribution in [2.45, 2.75) is 18.1 Å². The Labute approximate surface area is 104 Å². The van der Waals surface area contributed by atoms with E-state index in [9.17, 15) is 18.5 Å². The van der Waals surface area contributed by atoms with E-state index in [-0.39, 0.29) is 22.4 Å². The van der Waals surface area contributed by atoms with Crippen LogP contribution in [0.2, 0.25) is 0 Å². The molecule has 0 unspecified atom stereocenters. The Morgan fingerprint density at radius 1 is 1.44 bits per heavy atom. The average molecular weight is 272 g/mol. The first-order chi connectivity index (χ1) is 8.44. The Kier molecular flexibility index (Phi) is 3.12. The van der Waals surface area contributed by atoms with Gasteiger partial charge in [0.25, 0.3) is 5.69 Å². The number of sulfonamides is 1. The minimum absolute atomic E-state index is 0.133. The van der Waals surface area contributed by atoms with Gasteiger partial charge in [-0.25, -0.2) is 8.42 Å². The van der Waals surface area contributed by atoms with Gasteiger partial charge in [-0.1, -0.05) is 0 Å². The summed E-state index contributed by atoms with van der Waals surface area (Å²) in [6.45, 7) is 0. The molecule has 0 atom stereocenters. The lowest BCUT2D eigenvalue weighted by Gasteiger charge is -2.10. The molecule has 0 aromatic heterocycles. The number of nitro groups is 1. The van der Waals surface area contributed by atoms with Gasteiger partial charge in [-0.15, -0.1) is 0 Å². The SMILES string of the molecule is COc1cc([N+](=O)[O-])ccc1NS(=O)(=O)C1CC1. The van der Waals surface area contributed by atoms with E-state index < -0.39 is 14.9 Å². The zero-order valence-corrected chi connectivity index (χ0v) is 10.4. The number of nitro benzene ring substituents is 1. The molecule has 1 aliphatic carbocycles. The molecular weight excluding hydrogens is 260 g/mol. The van der Waals surface area contributed by atoms with Crippen molar-refractivity contribution in [3.8, 4) is 5.75 Å². The highest BCUT2D eigenvalue weighted by molar-refractivity contribution is 7.93. The summed E-state index contributed by atoms with van der Waals surface area (Å²) >= 11 is 0. The van der Waals surface area contributed by atoms with Crippen LogP contribution in [0.4, 0.5) is 11.4 Å². The van der Waals surface area contributed by atoms with Crippen molar-refractivity contribution in [1.29, 1.82) is 0 Å². The van der Waals surface area contributed by atoms with Gasteiger partial charge in [-0.3, -0.25) is 14.8 Å². The van der Waals surface area contributed by atoms with E-state index in [1.807, 2.05) is 0 Å². The van der Waals surface area contributed by atoms with Gasteiger partial charge in [0.05, 0.1) is 29.0 Å². The smallest absolute Gasteiger partial charge is 0.273 e. The van der Waals surface area contributed by atoms with Crippen LogP contribution in [0.25, 0.3) is 0 Å². The van der Waals surface area contributed by atoms with Crippen molar-refractivity contribution in [3.63, 3.8) is 0 Å². The van der Waals surface area contributed by atoms with Gasteiger partial charge >= 0.3 is 0 Å². The van der Waals surface area contributed by atoms with Gasteiger partial charge in [-0.05, 0) is 18.9 Å². The summed E-state index contributed by atoms with van der Waals surface area (Å²) in [6, 6.07) is 3.74. The molecule has 0 radical (unpaired) electrons. The lowest BCUT2D eigenvalue weighted by Crippen LogP contribution is -2.17. The maximum atomic E-state index is 11.7. The van der Waals surface area contributed by atoms with Crippen LogP contribution in [0.3, 0.4) is 0 Å². The van der Waals surface area contributed by atoms with Crippen LogP contribution >= 0.6 is 0 Å². The molecule has 1 aliphatic rings. The number of non-ortho nitro benzene ring substituents is 1. The zero-order valence-electron chi connectivity index (χ0n) is 9.62. The lowest BCUT2D eigenvalue weighted by molar-refractivity contribution is -0.384. The first kappa shape index (κ1) is 12.6. The van der Waals surface area contributed by atoms with Crippen molar-refractivity contribution in [2.75, 3.05) is 11.8 Å². The molecule has 1 fully saturated rings. The minimum atomic E-state index is -3.41. The predicted molar refractivity (Wildman–Crippen MR) is 65.2 cm³/mol. The largest absolute Gasteiger partial charge is 0.494 e. The molecule has 1 N–H and O–H groups in total. The van der Waals surface area contributed by atoms with Crippen LogP contribution < -0.4 is 9.46 Å². The molecule has 0 heterocycles. The molecule has 8 heteroatoms. The summed E-state index contributed by atoms with van der Waals surface area (Å²) in [4.78, 5) is 10.0. The van der Waals surface area contributed by atoms with Crippen molar-refractivity contribution in [3.05, 3.63) is 28.3 Å². The molecule has 0 aliphatic heterocycles. The minimum Gasteiger partial charge on any atom is -0.494 e. The molecule has 0 amide bonds. The number of nitrogens with one attached hydrogen (secondary N) is 1. The normalized spacial score (nSPS) is 15.2. The van der Waals surface area contributed by atoms with Gasteiger partial charge in [0.1, 0.15) is 5.75 Å². The molecule has 0 saturated heterocycles.